The van der Waals surface area contributed by atoms with E-state index in [1.807, 2.05) is 18.2 Å². The summed E-state index contributed by atoms with van der Waals surface area (Å²) in [6, 6.07) is 8.15. The Morgan fingerprint density at radius 3 is 1.85 bits per heavy atom. The first-order valence-corrected chi connectivity index (χ1v) is 10.7. The lowest BCUT2D eigenvalue weighted by atomic mass is 9.79. The number of hydrogen-bond donors (Lipinski definition) is 0. The number of ether oxygens (including phenoxy) is 1. The van der Waals surface area contributed by atoms with Crippen molar-refractivity contribution in [3.63, 3.8) is 0 Å². The lowest BCUT2D eigenvalue weighted by Crippen LogP contribution is -2.41. The van der Waals surface area contributed by atoms with Gasteiger partial charge in [0.1, 0.15) is 27.2 Å². The second kappa shape index (κ2) is 7.48. The van der Waals surface area contributed by atoms with Gasteiger partial charge < -0.3 is 14.0 Å². The Morgan fingerprint density at radius 2 is 1.37 bits per heavy atom. The van der Waals surface area contributed by atoms with Crippen LogP contribution in [0.25, 0.3) is 0 Å². The Kier molecular flexibility index (Phi) is 5.91. The molecule has 0 spiro atoms. The molecule has 0 radical (unpaired) electrons. The molecule has 3 rings (SSSR count). The van der Waals surface area contributed by atoms with Crippen LogP contribution in [0.3, 0.4) is 0 Å². The third-order valence-electron chi connectivity index (χ3n) is 5.64. The van der Waals surface area contributed by atoms with Gasteiger partial charge in [-0.15, -0.1) is 27.7 Å². The van der Waals surface area contributed by atoms with Gasteiger partial charge in [-0.1, -0.05) is 6.07 Å². The van der Waals surface area contributed by atoms with Crippen molar-refractivity contribution in [2.75, 3.05) is 0 Å². The van der Waals surface area contributed by atoms with Gasteiger partial charge in [0.25, 0.3) is 0 Å². The summed E-state index contributed by atoms with van der Waals surface area (Å²) < 4.78 is 18.6. The van der Waals surface area contributed by atoms with Crippen molar-refractivity contribution in [2.45, 2.75) is 38.9 Å². The maximum absolute atomic E-state index is 6.26. The van der Waals surface area contributed by atoms with Crippen LogP contribution in [-0.2, 0) is 9.31 Å². The van der Waals surface area contributed by atoms with Crippen molar-refractivity contribution >= 4 is 82.8 Å². The Morgan fingerprint density at radius 1 is 0.852 bits per heavy atom. The van der Waals surface area contributed by atoms with Crippen molar-refractivity contribution in [1.82, 2.24) is 0 Å². The SMILES string of the molecule is Bc1c(P)cc(P)c(B)c1Oc1ccc(B2OC(C)(C)C(C)(C)O2)c(P)c1. The summed E-state index contributed by atoms with van der Waals surface area (Å²) in [5.41, 5.74) is 2.55. The molecule has 9 heteroatoms. The van der Waals surface area contributed by atoms with Gasteiger partial charge in [0.15, 0.2) is 0 Å². The summed E-state index contributed by atoms with van der Waals surface area (Å²) in [6.45, 7) is 8.26. The van der Waals surface area contributed by atoms with Crippen molar-refractivity contribution in [3.05, 3.63) is 24.3 Å². The molecule has 3 unspecified atom stereocenters. The predicted molar refractivity (Wildman–Crippen MR) is 133 cm³/mol. The predicted octanol–water partition coefficient (Wildman–Crippen LogP) is -1.20. The standard InChI is InChI=1S/C18H26B3O3P3/c1-17(2)18(3,4)24-21(23-17)10-6-5-9(7-11(10)25)22-16-14(19)12(26)8-13(27)15(16)20/h5-8H,19-20,25-27H2,1-4H3. The van der Waals surface area contributed by atoms with Gasteiger partial charge >= 0.3 is 7.12 Å². The molecule has 2 aromatic carbocycles. The quantitative estimate of drug-likeness (QED) is 0.465. The van der Waals surface area contributed by atoms with E-state index in [2.05, 4.69) is 77.2 Å². The van der Waals surface area contributed by atoms with Gasteiger partial charge in [-0.05, 0) is 78.2 Å². The molecule has 0 bridgehead atoms. The van der Waals surface area contributed by atoms with Gasteiger partial charge in [0.2, 0.25) is 0 Å². The Balaban J connectivity index is 1.89. The van der Waals surface area contributed by atoms with Crippen LogP contribution < -0.4 is 37.0 Å². The van der Waals surface area contributed by atoms with Gasteiger partial charge in [-0.25, -0.2) is 0 Å². The van der Waals surface area contributed by atoms with Crippen molar-refractivity contribution in [2.24, 2.45) is 0 Å². The average Bonchev–Trinajstić information content (AvgIpc) is 2.77. The van der Waals surface area contributed by atoms with E-state index in [0.29, 0.717) is 0 Å². The van der Waals surface area contributed by atoms with Crippen LogP contribution >= 0.6 is 27.7 Å². The first-order valence-electron chi connectivity index (χ1n) is 9.01. The summed E-state index contributed by atoms with van der Waals surface area (Å²) in [7, 11) is 12.1. The van der Waals surface area contributed by atoms with E-state index in [-0.39, 0.29) is 18.3 Å². The zero-order valence-electron chi connectivity index (χ0n) is 16.8. The molecule has 1 fully saturated rings. The van der Waals surface area contributed by atoms with E-state index in [9.17, 15) is 0 Å². The third kappa shape index (κ3) is 4.03. The fourth-order valence-electron chi connectivity index (χ4n) is 3.00. The van der Waals surface area contributed by atoms with Crippen LogP contribution in [0, 0.1) is 0 Å². The molecule has 0 N–H and O–H groups in total. The maximum Gasteiger partial charge on any atom is 0.495 e. The summed E-state index contributed by atoms with van der Waals surface area (Å²) in [6.07, 6.45) is 0. The summed E-state index contributed by atoms with van der Waals surface area (Å²) in [5.74, 6) is 1.70. The van der Waals surface area contributed by atoms with Gasteiger partial charge in [0, 0.05) is 0 Å². The van der Waals surface area contributed by atoms with Crippen LogP contribution in [-0.4, -0.2) is 34.0 Å². The molecule has 0 aliphatic carbocycles. The molecular weight excluding hydrogens is 390 g/mol. The fraction of sp³-hybridized carbons (Fsp3) is 0.333. The zero-order valence-corrected chi connectivity index (χ0v) is 20.3. The molecule has 3 atom stereocenters. The van der Waals surface area contributed by atoms with Crippen LogP contribution in [0.15, 0.2) is 24.3 Å². The second-order valence-electron chi connectivity index (χ2n) is 8.12. The van der Waals surface area contributed by atoms with E-state index < -0.39 is 0 Å². The normalized spacial score (nSPS) is 18.0. The van der Waals surface area contributed by atoms with Crippen molar-refractivity contribution in [3.8, 4) is 11.5 Å². The number of benzene rings is 2. The zero-order chi connectivity index (χ0) is 20.1. The number of rotatable bonds is 3. The Hall–Kier alpha value is -0.355. The van der Waals surface area contributed by atoms with Crippen molar-refractivity contribution in [1.29, 1.82) is 0 Å². The van der Waals surface area contributed by atoms with Gasteiger partial charge in [-0.2, -0.15) is 0 Å². The monoisotopic (exact) mass is 416 g/mol. The fourth-order valence-corrected chi connectivity index (χ4v) is 4.21. The molecule has 140 valence electrons. The molecule has 1 aliphatic heterocycles. The molecule has 2 aromatic rings. The molecule has 0 amide bonds. The van der Waals surface area contributed by atoms with Crippen LogP contribution in [0.1, 0.15) is 27.7 Å². The lowest BCUT2D eigenvalue weighted by Gasteiger charge is -2.32. The van der Waals surface area contributed by atoms with E-state index in [0.717, 1.165) is 43.8 Å². The highest BCUT2D eigenvalue weighted by atomic mass is 31.0. The van der Waals surface area contributed by atoms with Crippen LogP contribution in [0.4, 0.5) is 0 Å². The minimum Gasteiger partial charge on any atom is -0.459 e. The minimum atomic E-state index is -0.381. The minimum absolute atomic E-state index is 0.355. The Labute approximate surface area is 171 Å². The molecule has 1 aliphatic rings. The summed E-state index contributed by atoms with van der Waals surface area (Å²) >= 11 is 0. The smallest absolute Gasteiger partial charge is 0.459 e. The highest BCUT2D eigenvalue weighted by molar-refractivity contribution is 7.31. The van der Waals surface area contributed by atoms with Crippen LogP contribution in [0.2, 0.25) is 0 Å². The molecule has 1 saturated heterocycles. The Bertz CT molecular complexity index is 861. The molecular formula is C18H26B3O3P3. The number of hydrogen-bond acceptors (Lipinski definition) is 3. The second-order valence-corrected chi connectivity index (χ2v) is 9.98. The largest absolute Gasteiger partial charge is 0.495 e. The van der Waals surface area contributed by atoms with E-state index in [4.69, 9.17) is 14.0 Å². The highest BCUT2D eigenvalue weighted by Gasteiger charge is 2.52. The van der Waals surface area contributed by atoms with Crippen LogP contribution in [0.5, 0.6) is 11.5 Å². The van der Waals surface area contributed by atoms with E-state index in [1.165, 1.54) is 0 Å². The van der Waals surface area contributed by atoms with E-state index in [1.54, 1.807) is 0 Å². The first kappa shape index (κ1) is 21.4. The molecule has 0 aromatic heterocycles. The van der Waals surface area contributed by atoms with Crippen molar-refractivity contribution < 1.29 is 14.0 Å². The van der Waals surface area contributed by atoms with Gasteiger partial charge in [-0.3, -0.25) is 0 Å². The molecule has 3 nitrogen and oxygen atoms in total. The topological polar surface area (TPSA) is 27.7 Å². The van der Waals surface area contributed by atoms with E-state index >= 15 is 0 Å². The third-order valence-corrected chi connectivity index (χ3v) is 7.34. The highest BCUT2D eigenvalue weighted by Crippen LogP contribution is 2.36. The molecule has 27 heavy (non-hydrogen) atoms. The molecule has 0 saturated carbocycles. The lowest BCUT2D eigenvalue weighted by molar-refractivity contribution is 0.00578. The first-order chi connectivity index (χ1) is 12.4. The summed E-state index contributed by atoms with van der Waals surface area (Å²) in [4.78, 5) is 0. The molecule has 1 heterocycles. The van der Waals surface area contributed by atoms with Gasteiger partial charge in [0.05, 0.1) is 11.2 Å². The average molecular weight is 416 g/mol. The maximum atomic E-state index is 6.26. The summed E-state index contributed by atoms with van der Waals surface area (Å²) in [5, 5.41) is 3.29.